The Kier molecular flexibility index (Phi) is 4.36. The molecule has 0 saturated carbocycles. The SMILES string of the molecule is Cc1nn(CCCNC(=O)c2ccnn2C)cc1Br. The molecule has 0 aromatic carbocycles. The van der Waals surface area contributed by atoms with Crippen molar-refractivity contribution in [3.8, 4) is 0 Å². The van der Waals surface area contributed by atoms with E-state index in [2.05, 4.69) is 31.4 Å². The van der Waals surface area contributed by atoms with Crippen LogP contribution < -0.4 is 5.32 Å². The van der Waals surface area contributed by atoms with Gasteiger partial charge in [0, 0.05) is 32.5 Å². The summed E-state index contributed by atoms with van der Waals surface area (Å²) < 4.78 is 4.44. The smallest absolute Gasteiger partial charge is 0.269 e. The van der Waals surface area contributed by atoms with Crippen LogP contribution in [0.5, 0.6) is 0 Å². The highest BCUT2D eigenvalue weighted by Gasteiger charge is 2.08. The van der Waals surface area contributed by atoms with E-state index in [1.165, 1.54) is 0 Å². The van der Waals surface area contributed by atoms with Gasteiger partial charge in [0.05, 0.1) is 10.2 Å². The lowest BCUT2D eigenvalue weighted by Gasteiger charge is -2.05. The molecule has 2 heterocycles. The molecule has 1 N–H and O–H groups in total. The molecular weight excluding hydrogens is 310 g/mol. The van der Waals surface area contributed by atoms with Crippen LogP contribution >= 0.6 is 15.9 Å². The van der Waals surface area contributed by atoms with Crippen LogP contribution in [0.2, 0.25) is 0 Å². The number of aromatic nitrogens is 4. The second-order valence-corrected chi connectivity index (χ2v) is 5.13. The van der Waals surface area contributed by atoms with Gasteiger partial charge in [0.1, 0.15) is 5.69 Å². The summed E-state index contributed by atoms with van der Waals surface area (Å²) in [5.41, 5.74) is 1.54. The Labute approximate surface area is 119 Å². The monoisotopic (exact) mass is 325 g/mol. The van der Waals surface area contributed by atoms with Gasteiger partial charge in [0.2, 0.25) is 0 Å². The van der Waals surface area contributed by atoms with Crippen molar-refractivity contribution in [3.63, 3.8) is 0 Å². The van der Waals surface area contributed by atoms with Crippen molar-refractivity contribution in [1.82, 2.24) is 24.9 Å². The second kappa shape index (κ2) is 6.01. The standard InChI is InChI=1S/C12H16BrN5O/c1-9-10(13)8-18(16-9)7-3-5-14-12(19)11-4-6-15-17(11)2/h4,6,8H,3,5,7H2,1-2H3,(H,14,19). The van der Waals surface area contributed by atoms with E-state index in [0.29, 0.717) is 12.2 Å². The van der Waals surface area contributed by atoms with E-state index in [1.54, 1.807) is 24.0 Å². The quantitative estimate of drug-likeness (QED) is 0.847. The van der Waals surface area contributed by atoms with Gasteiger partial charge in [-0.25, -0.2) is 0 Å². The van der Waals surface area contributed by atoms with Gasteiger partial charge < -0.3 is 5.32 Å². The fourth-order valence-electron chi connectivity index (χ4n) is 1.74. The normalized spacial score (nSPS) is 10.7. The second-order valence-electron chi connectivity index (χ2n) is 4.28. The number of nitrogens with zero attached hydrogens (tertiary/aromatic N) is 4. The van der Waals surface area contributed by atoms with E-state index < -0.39 is 0 Å². The molecule has 1 amide bonds. The summed E-state index contributed by atoms with van der Waals surface area (Å²) in [7, 11) is 1.75. The van der Waals surface area contributed by atoms with E-state index in [9.17, 15) is 4.79 Å². The summed E-state index contributed by atoms with van der Waals surface area (Å²) in [5.74, 6) is -0.0992. The van der Waals surface area contributed by atoms with E-state index in [0.717, 1.165) is 23.1 Å². The first kappa shape index (κ1) is 13.8. The first-order valence-electron chi connectivity index (χ1n) is 6.03. The molecule has 0 atom stereocenters. The molecule has 102 valence electrons. The van der Waals surface area contributed by atoms with Gasteiger partial charge in [-0.15, -0.1) is 0 Å². The Morgan fingerprint density at radius 1 is 1.53 bits per heavy atom. The van der Waals surface area contributed by atoms with Crippen LogP contribution in [0.25, 0.3) is 0 Å². The number of hydrogen-bond acceptors (Lipinski definition) is 3. The van der Waals surface area contributed by atoms with Crippen LogP contribution in [0.1, 0.15) is 22.6 Å². The van der Waals surface area contributed by atoms with Crippen LogP contribution in [0.3, 0.4) is 0 Å². The first-order chi connectivity index (χ1) is 9.08. The Balaban J connectivity index is 1.75. The van der Waals surface area contributed by atoms with Crippen molar-refractivity contribution < 1.29 is 4.79 Å². The zero-order valence-corrected chi connectivity index (χ0v) is 12.5. The van der Waals surface area contributed by atoms with E-state index in [4.69, 9.17) is 0 Å². The fourth-order valence-corrected chi connectivity index (χ4v) is 2.05. The minimum Gasteiger partial charge on any atom is -0.351 e. The van der Waals surface area contributed by atoms with E-state index in [1.807, 2.05) is 17.8 Å². The molecule has 6 nitrogen and oxygen atoms in total. The number of carbonyl (C=O) groups excluding carboxylic acids is 1. The van der Waals surface area contributed by atoms with Gasteiger partial charge in [-0.2, -0.15) is 10.2 Å². The third kappa shape index (κ3) is 3.44. The molecule has 0 aliphatic carbocycles. The minimum absolute atomic E-state index is 0.0992. The summed E-state index contributed by atoms with van der Waals surface area (Å²) in [5, 5.41) is 11.2. The van der Waals surface area contributed by atoms with Crippen LogP contribution in [0.4, 0.5) is 0 Å². The van der Waals surface area contributed by atoms with Crippen LogP contribution in [0.15, 0.2) is 22.9 Å². The number of hydrogen-bond donors (Lipinski definition) is 1. The summed E-state index contributed by atoms with van der Waals surface area (Å²) in [6, 6.07) is 1.70. The lowest BCUT2D eigenvalue weighted by Crippen LogP contribution is -2.27. The van der Waals surface area contributed by atoms with Gasteiger partial charge in [0.15, 0.2) is 0 Å². The number of amides is 1. The van der Waals surface area contributed by atoms with Crippen molar-refractivity contribution in [3.05, 3.63) is 34.3 Å². The molecule has 0 unspecified atom stereocenters. The average Bonchev–Trinajstić information content (AvgIpc) is 2.92. The van der Waals surface area contributed by atoms with Gasteiger partial charge in [-0.1, -0.05) is 0 Å². The number of aryl methyl sites for hydroxylation is 3. The molecule has 0 saturated heterocycles. The number of rotatable bonds is 5. The topological polar surface area (TPSA) is 64.7 Å². The number of halogens is 1. The van der Waals surface area contributed by atoms with E-state index >= 15 is 0 Å². The summed E-state index contributed by atoms with van der Waals surface area (Å²) in [4.78, 5) is 11.8. The molecule has 2 rings (SSSR count). The van der Waals surface area contributed by atoms with Crippen LogP contribution in [0, 0.1) is 6.92 Å². The lowest BCUT2D eigenvalue weighted by atomic mass is 10.3. The van der Waals surface area contributed by atoms with Gasteiger partial charge in [0.25, 0.3) is 5.91 Å². The molecular formula is C12H16BrN5O. The molecule has 7 heteroatoms. The third-order valence-corrected chi connectivity index (χ3v) is 3.57. The average molecular weight is 326 g/mol. The van der Waals surface area contributed by atoms with Crippen molar-refractivity contribution in [2.75, 3.05) is 6.54 Å². The molecule has 0 aliphatic rings. The molecule has 0 fully saturated rings. The molecule has 0 bridgehead atoms. The third-order valence-electron chi connectivity index (χ3n) is 2.79. The number of nitrogens with one attached hydrogen (secondary N) is 1. The van der Waals surface area contributed by atoms with E-state index in [-0.39, 0.29) is 5.91 Å². The van der Waals surface area contributed by atoms with Crippen molar-refractivity contribution in [2.24, 2.45) is 7.05 Å². The molecule has 19 heavy (non-hydrogen) atoms. The van der Waals surface area contributed by atoms with Gasteiger partial charge in [-0.05, 0) is 35.3 Å². The van der Waals surface area contributed by atoms with Crippen molar-refractivity contribution >= 4 is 21.8 Å². The predicted octanol–water partition coefficient (Wildman–Crippen LogP) is 1.51. The molecule has 0 spiro atoms. The highest BCUT2D eigenvalue weighted by molar-refractivity contribution is 9.10. The maximum atomic E-state index is 11.8. The zero-order valence-electron chi connectivity index (χ0n) is 10.9. The van der Waals surface area contributed by atoms with Crippen molar-refractivity contribution in [1.29, 1.82) is 0 Å². The highest BCUT2D eigenvalue weighted by Crippen LogP contribution is 2.13. The Hall–Kier alpha value is -1.63. The largest absolute Gasteiger partial charge is 0.351 e. The zero-order chi connectivity index (χ0) is 13.8. The summed E-state index contributed by atoms with van der Waals surface area (Å²) in [6.07, 6.45) is 4.38. The predicted molar refractivity (Wildman–Crippen MR) is 74.8 cm³/mol. The van der Waals surface area contributed by atoms with Gasteiger partial charge >= 0.3 is 0 Å². The first-order valence-corrected chi connectivity index (χ1v) is 6.83. The van der Waals surface area contributed by atoms with Crippen LogP contribution in [-0.4, -0.2) is 32.0 Å². The Morgan fingerprint density at radius 3 is 2.89 bits per heavy atom. The molecule has 2 aromatic rings. The minimum atomic E-state index is -0.0992. The van der Waals surface area contributed by atoms with Crippen LogP contribution in [-0.2, 0) is 13.6 Å². The lowest BCUT2D eigenvalue weighted by molar-refractivity contribution is 0.0943. The fraction of sp³-hybridized carbons (Fsp3) is 0.417. The summed E-state index contributed by atoms with van der Waals surface area (Å²) >= 11 is 3.42. The summed E-state index contributed by atoms with van der Waals surface area (Å²) in [6.45, 7) is 3.34. The molecule has 0 aliphatic heterocycles. The number of carbonyl (C=O) groups is 1. The maximum absolute atomic E-state index is 11.8. The Bertz CT molecular complexity index is 555. The Morgan fingerprint density at radius 2 is 2.32 bits per heavy atom. The highest BCUT2D eigenvalue weighted by atomic mass is 79.9. The maximum Gasteiger partial charge on any atom is 0.269 e. The molecule has 2 aromatic heterocycles. The molecule has 0 radical (unpaired) electrons. The van der Waals surface area contributed by atoms with Crippen molar-refractivity contribution in [2.45, 2.75) is 19.9 Å². The van der Waals surface area contributed by atoms with Gasteiger partial charge in [-0.3, -0.25) is 14.2 Å².